The first-order valence-corrected chi connectivity index (χ1v) is 12.2. The number of para-hydroxylation sites is 1. The van der Waals surface area contributed by atoms with Crippen LogP contribution in [0.15, 0.2) is 66.9 Å². The summed E-state index contributed by atoms with van der Waals surface area (Å²) in [5.74, 6) is 0.0185. The molecule has 1 fully saturated rings. The standard InChI is InChI=1S/C28H30N6O2/c1-19-16-26(23-7-3-4-8-25(23)31-19)32-28(36)30-13-15-34-14-11-22(18-34)33(2)27(35)21-9-10-24-20(17-21)6-5-12-29-24/h3-10,12,16-17,22H,11,13-15,18H2,1-2H3,(H2,30,31,32,36). The normalized spacial score (nSPS) is 15.8. The summed E-state index contributed by atoms with van der Waals surface area (Å²) >= 11 is 0. The van der Waals surface area contributed by atoms with Crippen molar-refractivity contribution in [2.75, 3.05) is 38.5 Å². The Labute approximate surface area is 210 Å². The molecule has 0 saturated carbocycles. The summed E-state index contributed by atoms with van der Waals surface area (Å²) in [5.41, 5.74) is 4.02. The van der Waals surface area contributed by atoms with Crippen molar-refractivity contribution in [1.82, 2.24) is 25.1 Å². The Hall–Kier alpha value is -4.04. The molecular weight excluding hydrogens is 452 g/mol. The van der Waals surface area contributed by atoms with Gasteiger partial charge in [0.05, 0.1) is 16.7 Å². The maximum atomic E-state index is 13.1. The van der Waals surface area contributed by atoms with Crippen LogP contribution in [0.2, 0.25) is 0 Å². The highest BCUT2D eigenvalue weighted by Crippen LogP contribution is 2.23. The third-order valence-corrected chi connectivity index (χ3v) is 6.77. The Balaban J connectivity index is 1.11. The second-order valence-corrected chi connectivity index (χ2v) is 9.28. The number of likely N-dealkylation sites (N-methyl/N-ethyl adjacent to an activating group) is 1. The molecular formula is C28H30N6O2. The number of nitrogens with zero attached hydrogens (tertiary/aromatic N) is 4. The van der Waals surface area contributed by atoms with Crippen LogP contribution in [0, 0.1) is 6.92 Å². The summed E-state index contributed by atoms with van der Waals surface area (Å²) in [7, 11) is 1.87. The number of likely N-dealkylation sites (tertiary alicyclic amines) is 1. The van der Waals surface area contributed by atoms with Gasteiger partial charge in [0, 0.05) is 67.5 Å². The molecule has 36 heavy (non-hydrogen) atoms. The summed E-state index contributed by atoms with van der Waals surface area (Å²) in [6, 6.07) is 19.0. The number of rotatable bonds is 6. The van der Waals surface area contributed by atoms with E-state index in [1.807, 2.05) is 79.5 Å². The fourth-order valence-corrected chi connectivity index (χ4v) is 4.81. The Kier molecular flexibility index (Phi) is 6.77. The SMILES string of the molecule is Cc1cc(NC(=O)NCCN2CCC(N(C)C(=O)c3ccc4ncccc4c3)C2)c2ccccc2n1. The highest BCUT2D eigenvalue weighted by molar-refractivity contribution is 6.00. The zero-order valence-corrected chi connectivity index (χ0v) is 20.6. The number of hydrogen-bond acceptors (Lipinski definition) is 5. The van der Waals surface area contributed by atoms with Crippen LogP contribution in [0.3, 0.4) is 0 Å². The van der Waals surface area contributed by atoms with E-state index in [1.165, 1.54) is 0 Å². The lowest BCUT2D eigenvalue weighted by atomic mass is 10.1. The zero-order valence-electron chi connectivity index (χ0n) is 20.6. The van der Waals surface area contributed by atoms with E-state index in [2.05, 4.69) is 25.5 Å². The minimum absolute atomic E-state index is 0.0185. The topological polar surface area (TPSA) is 90.5 Å². The lowest BCUT2D eigenvalue weighted by Crippen LogP contribution is -2.40. The lowest BCUT2D eigenvalue weighted by Gasteiger charge is -2.25. The molecule has 184 valence electrons. The molecule has 2 N–H and O–H groups in total. The molecule has 8 nitrogen and oxygen atoms in total. The molecule has 1 atom stereocenters. The van der Waals surface area contributed by atoms with Gasteiger partial charge in [0.1, 0.15) is 0 Å². The largest absolute Gasteiger partial charge is 0.337 e. The van der Waals surface area contributed by atoms with Gasteiger partial charge in [-0.3, -0.25) is 19.7 Å². The number of carbonyl (C=O) groups is 2. The van der Waals surface area contributed by atoms with Gasteiger partial charge in [0.2, 0.25) is 0 Å². The molecule has 3 amide bonds. The van der Waals surface area contributed by atoms with Crippen LogP contribution in [-0.4, -0.2) is 71.0 Å². The van der Waals surface area contributed by atoms with E-state index in [0.29, 0.717) is 12.1 Å². The quantitative estimate of drug-likeness (QED) is 0.433. The molecule has 4 aromatic rings. The van der Waals surface area contributed by atoms with Crippen molar-refractivity contribution in [3.63, 3.8) is 0 Å². The van der Waals surface area contributed by atoms with Gasteiger partial charge in [0.15, 0.2) is 0 Å². The molecule has 3 heterocycles. The molecule has 2 aromatic heterocycles. The molecule has 1 saturated heterocycles. The summed E-state index contributed by atoms with van der Waals surface area (Å²) in [4.78, 5) is 38.6. The molecule has 0 bridgehead atoms. The van der Waals surface area contributed by atoms with Gasteiger partial charge in [-0.1, -0.05) is 24.3 Å². The number of fused-ring (bicyclic) bond motifs is 2. The van der Waals surface area contributed by atoms with E-state index in [9.17, 15) is 9.59 Å². The number of hydrogen-bond donors (Lipinski definition) is 2. The molecule has 0 radical (unpaired) electrons. The van der Waals surface area contributed by atoms with Gasteiger partial charge in [-0.25, -0.2) is 4.79 Å². The van der Waals surface area contributed by atoms with E-state index in [-0.39, 0.29) is 18.0 Å². The van der Waals surface area contributed by atoms with Gasteiger partial charge >= 0.3 is 6.03 Å². The van der Waals surface area contributed by atoms with E-state index < -0.39 is 0 Å². The third kappa shape index (κ3) is 5.13. The molecule has 1 aliphatic heterocycles. The average molecular weight is 483 g/mol. The van der Waals surface area contributed by atoms with Crippen molar-refractivity contribution in [3.8, 4) is 0 Å². The van der Waals surface area contributed by atoms with Crippen molar-refractivity contribution in [2.45, 2.75) is 19.4 Å². The number of anilines is 1. The van der Waals surface area contributed by atoms with E-state index >= 15 is 0 Å². The minimum atomic E-state index is -0.236. The number of aryl methyl sites for hydroxylation is 1. The van der Waals surface area contributed by atoms with Crippen LogP contribution in [0.5, 0.6) is 0 Å². The lowest BCUT2D eigenvalue weighted by molar-refractivity contribution is 0.0736. The second-order valence-electron chi connectivity index (χ2n) is 9.28. The molecule has 0 spiro atoms. The Bertz CT molecular complexity index is 1420. The number of benzene rings is 2. The molecule has 2 aromatic carbocycles. The monoisotopic (exact) mass is 482 g/mol. The van der Waals surface area contributed by atoms with Crippen molar-refractivity contribution >= 4 is 39.4 Å². The number of carbonyl (C=O) groups excluding carboxylic acids is 2. The van der Waals surface area contributed by atoms with E-state index in [1.54, 1.807) is 6.20 Å². The maximum Gasteiger partial charge on any atom is 0.319 e. The Morgan fingerprint density at radius 1 is 1.08 bits per heavy atom. The molecule has 1 unspecified atom stereocenters. The predicted octanol–water partition coefficient (Wildman–Crippen LogP) is 4.06. The van der Waals surface area contributed by atoms with Gasteiger partial charge in [-0.05, 0) is 49.7 Å². The molecule has 0 aliphatic carbocycles. The molecule has 8 heteroatoms. The predicted molar refractivity (Wildman–Crippen MR) is 142 cm³/mol. The summed E-state index contributed by atoms with van der Waals surface area (Å²) in [6.45, 7) is 4.84. The highest BCUT2D eigenvalue weighted by Gasteiger charge is 2.28. The first-order chi connectivity index (χ1) is 17.5. The highest BCUT2D eigenvalue weighted by atomic mass is 16.2. The first kappa shape index (κ1) is 23.7. The second kappa shape index (κ2) is 10.3. The van der Waals surface area contributed by atoms with Gasteiger partial charge in [0.25, 0.3) is 5.91 Å². The van der Waals surface area contributed by atoms with Crippen molar-refractivity contribution in [1.29, 1.82) is 0 Å². The average Bonchev–Trinajstić information content (AvgIpc) is 3.36. The summed E-state index contributed by atoms with van der Waals surface area (Å²) < 4.78 is 0. The Morgan fingerprint density at radius 3 is 2.83 bits per heavy atom. The van der Waals surface area contributed by atoms with Crippen molar-refractivity contribution < 1.29 is 9.59 Å². The number of aromatic nitrogens is 2. The third-order valence-electron chi connectivity index (χ3n) is 6.77. The van der Waals surface area contributed by atoms with Gasteiger partial charge in [-0.2, -0.15) is 0 Å². The fourth-order valence-electron chi connectivity index (χ4n) is 4.81. The zero-order chi connectivity index (χ0) is 25.1. The van der Waals surface area contributed by atoms with Crippen molar-refractivity contribution in [3.05, 3.63) is 78.1 Å². The van der Waals surface area contributed by atoms with Gasteiger partial charge < -0.3 is 15.5 Å². The number of nitrogens with one attached hydrogen (secondary N) is 2. The Morgan fingerprint density at radius 2 is 1.94 bits per heavy atom. The van der Waals surface area contributed by atoms with E-state index in [0.717, 1.165) is 59.2 Å². The fraction of sp³-hybridized carbons (Fsp3) is 0.286. The summed E-state index contributed by atoms with van der Waals surface area (Å²) in [6.07, 6.45) is 2.66. The van der Waals surface area contributed by atoms with Crippen molar-refractivity contribution in [2.24, 2.45) is 0 Å². The van der Waals surface area contributed by atoms with Crippen LogP contribution in [0.1, 0.15) is 22.5 Å². The number of urea groups is 1. The molecule has 1 aliphatic rings. The molecule has 5 rings (SSSR count). The first-order valence-electron chi connectivity index (χ1n) is 12.2. The van der Waals surface area contributed by atoms with Gasteiger partial charge in [-0.15, -0.1) is 0 Å². The van der Waals surface area contributed by atoms with Crippen LogP contribution < -0.4 is 10.6 Å². The number of pyridine rings is 2. The van der Waals surface area contributed by atoms with Crippen LogP contribution in [0.4, 0.5) is 10.5 Å². The number of amides is 3. The van der Waals surface area contributed by atoms with Crippen LogP contribution in [0.25, 0.3) is 21.8 Å². The maximum absolute atomic E-state index is 13.1. The summed E-state index contributed by atoms with van der Waals surface area (Å²) in [5, 5.41) is 7.79. The van der Waals surface area contributed by atoms with Crippen LogP contribution >= 0.6 is 0 Å². The smallest absolute Gasteiger partial charge is 0.319 e. The van der Waals surface area contributed by atoms with Crippen LogP contribution in [-0.2, 0) is 0 Å². The minimum Gasteiger partial charge on any atom is -0.337 e. The van der Waals surface area contributed by atoms with E-state index in [4.69, 9.17) is 0 Å².